The van der Waals surface area contributed by atoms with Crippen molar-refractivity contribution < 1.29 is 14.6 Å². The summed E-state index contributed by atoms with van der Waals surface area (Å²) in [7, 11) is 0. The number of carbonyl (C=O) groups is 1. The van der Waals surface area contributed by atoms with E-state index in [9.17, 15) is 9.90 Å². The molecule has 5 nitrogen and oxygen atoms in total. The molecule has 18 heavy (non-hydrogen) atoms. The van der Waals surface area contributed by atoms with E-state index in [-0.39, 0.29) is 18.7 Å². The molecule has 1 amide bonds. The highest BCUT2D eigenvalue weighted by atomic mass is 16.5. The van der Waals surface area contributed by atoms with Gasteiger partial charge in [0.2, 0.25) is 5.91 Å². The molecule has 0 aliphatic carbocycles. The van der Waals surface area contributed by atoms with E-state index in [1.54, 1.807) is 0 Å². The first-order valence-corrected chi connectivity index (χ1v) is 5.94. The summed E-state index contributed by atoms with van der Waals surface area (Å²) in [6.45, 7) is 3.83. The minimum Gasteiger partial charge on any atom is -0.491 e. The Morgan fingerprint density at radius 2 is 2.06 bits per heavy atom. The summed E-state index contributed by atoms with van der Waals surface area (Å²) < 4.78 is 5.40. The summed E-state index contributed by atoms with van der Waals surface area (Å²) in [6, 6.07) is 9.32. The van der Waals surface area contributed by atoms with Gasteiger partial charge in [0, 0.05) is 13.5 Å². The van der Waals surface area contributed by atoms with Gasteiger partial charge in [-0.1, -0.05) is 18.2 Å². The molecule has 2 unspecified atom stereocenters. The standard InChI is InChI=1S/C13H20N2O3/c1-10(15-11(2)16)14-8-12(17)9-18-13-6-4-3-5-7-13/h3-7,10,12,14,17H,8-9H2,1-2H3,(H,15,16). The van der Waals surface area contributed by atoms with Crippen LogP contribution >= 0.6 is 0 Å². The van der Waals surface area contributed by atoms with Crippen LogP contribution in [0.4, 0.5) is 0 Å². The molecule has 0 aliphatic rings. The minimum absolute atomic E-state index is 0.106. The summed E-state index contributed by atoms with van der Waals surface area (Å²) >= 11 is 0. The predicted octanol–water partition coefficient (Wildman–Crippen LogP) is 0.498. The fourth-order valence-corrected chi connectivity index (χ4v) is 1.44. The summed E-state index contributed by atoms with van der Waals surface area (Å²) in [5.41, 5.74) is 0. The number of carbonyl (C=O) groups excluding carboxylic acids is 1. The Labute approximate surface area is 107 Å². The normalized spacial score (nSPS) is 13.7. The zero-order valence-corrected chi connectivity index (χ0v) is 10.7. The van der Waals surface area contributed by atoms with Gasteiger partial charge in [-0.05, 0) is 19.1 Å². The number of hydrogen-bond donors (Lipinski definition) is 3. The van der Waals surface area contributed by atoms with Gasteiger partial charge < -0.3 is 15.2 Å². The van der Waals surface area contributed by atoms with Crippen molar-refractivity contribution in [1.29, 1.82) is 0 Å². The van der Waals surface area contributed by atoms with Gasteiger partial charge in [-0.15, -0.1) is 0 Å². The summed E-state index contributed by atoms with van der Waals surface area (Å²) in [6.07, 6.45) is -0.796. The zero-order chi connectivity index (χ0) is 13.4. The van der Waals surface area contributed by atoms with Gasteiger partial charge in [-0.25, -0.2) is 0 Å². The van der Waals surface area contributed by atoms with Crippen molar-refractivity contribution in [3.63, 3.8) is 0 Å². The van der Waals surface area contributed by atoms with E-state index in [0.717, 1.165) is 5.75 Å². The highest BCUT2D eigenvalue weighted by Gasteiger charge is 2.08. The first-order chi connectivity index (χ1) is 8.58. The van der Waals surface area contributed by atoms with Gasteiger partial charge in [0.15, 0.2) is 0 Å². The average Bonchev–Trinajstić information content (AvgIpc) is 2.34. The molecule has 0 aliphatic heterocycles. The first-order valence-electron chi connectivity index (χ1n) is 5.94. The number of amides is 1. The van der Waals surface area contributed by atoms with Crippen LogP contribution in [0.5, 0.6) is 5.75 Å². The third-order valence-electron chi connectivity index (χ3n) is 2.27. The van der Waals surface area contributed by atoms with Crippen LogP contribution in [0.15, 0.2) is 30.3 Å². The lowest BCUT2D eigenvalue weighted by molar-refractivity contribution is -0.119. The van der Waals surface area contributed by atoms with Gasteiger partial charge in [0.05, 0.1) is 6.17 Å². The Balaban J connectivity index is 2.18. The number of ether oxygens (including phenoxy) is 1. The number of benzene rings is 1. The van der Waals surface area contributed by atoms with Crippen molar-refractivity contribution in [2.24, 2.45) is 0 Å². The van der Waals surface area contributed by atoms with E-state index in [2.05, 4.69) is 10.6 Å². The van der Waals surface area contributed by atoms with Gasteiger partial charge in [-0.2, -0.15) is 0 Å². The maximum atomic E-state index is 10.8. The topological polar surface area (TPSA) is 70.6 Å². The van der Waals surface area contributed by atoms with Gasteiger partial charge in [0.1, 0.15) is 18.5 Å². The van der Waals surface area contributed by atoms with Crippen LogP contribution in [0.1, 0.15) is 13.8 Å². The summed E-state index contributed by atoms with van der Waals surface area (Å²) in [5, 5.41) is 15.4. The largest absolute Gasteiger partial charge is 0.491 e. The number of para-hydroxylation sites is 1. The highest BCUT2D eigenvalue weighted by Crippen LogP contribution is 2.08. The van der Waals surface area contributed by atoms with Crippen LogP contribution in [0.3, 0.4) is 0 Å². The number of aliphatic hydroxyl groups is 1. The lowest BCUT2D eigenvalue weighted by atomic mass is 10.3. The second kappa shape index (κ2) is 7.68. The van der Waals surface area contributed by atoms with E-state index in [4.69, 9.17) is 4.74 Å². The Hall–Kier alpha value is -1.59. The molecule has 5 heteroatoms. The smallest absolute Gasteiger partial charge is 0.218 e. The Kier molecular flexibility index (Phi) is 6.18. The van der Waals surface area contributed by atoms with E-state index >= 15 is 0 Å². The zero-order valence-electron chi connectivity index (χ0n) is 10.7. The minimum atomic E-state index is -0.624. The molecule has 2 atom stereocenters. The third kappa shape index (κ3) is 6.22. The SMILES string of the molecule is CC(=O)NC(C)NCC(O)COc1ccccc1. The number of hydrogen-bond acceptors (Lipinski definition) is 4. The number of aliphatic hydroxyl groups excluding tert-OH is 1. The molecule has 3 N–H and O–H groups in total. The maximum Gasteiger partial charge on any atom is 0.218 e. The Morgan fingerprint density at radius 1 is 1.39 bits per heavy atom. The van der Waals surface area contributed by atoms with Gasteiger partial charge in [0.25, 0.3) is 0 Å². The van der Waals surface area contributed by atoms with Crippen molar-refractivity contribution in [2.45, 2.75) is 26.1 Å². The van der Waals surface area contributed by atoms with Crippen molar-refractivity contribution in [3.05, 3.63) is 30.3 Å². The fraction of sp³-hybridized carbons (Fsp3) is 0.462. The number of rotatable bonds is 7. The quantitative estimate of drug-likeness (QED) is 0.618. The maximum absolute atomic E-state index is 10.8. The second-order valence-corrected chi connectivity index (χ2v) is 4.11. The molecular formula is C13H20N2O3. The first kappa shape index (κ1) is 14.5. The summed E-state index contributed by atoms with van der Waals surface area (Å²) in [5.74, 6) is 0.622. The van der Waals surface area contributed by atoms with Crippen LogP contribution in [-0.2, 0) is 4.79 Å². The fourth-order valence-electron chi connectivity index (χ4n) is 1.44. The molecule has 0 spiro atoms. The monoisotopic (exact) mass is 252 g/mol. The van der Waals surface area contributed by atoms with Crippen LogP contribution < -0.4 is 15.4 Å². The molecule has 0 aromatic heterocycles. The number of nitrogens with one attached hydrogen (secondary N) is 2. The third-order valence-corrected chi connectivity index (χ3v) is 2.27. The summed E-state index contributed by atoms with van der Waals surface area (Å²) in [4.78, 5) is 10.8. The molecule has 100 valence electrons. The van der Waals surface area contributed by atoms with Gasteiger partial charge in [-0.3, -0.25) is 10.1 Å². The molecule has 1 aromatic carbocycles. The van der Waals surface area contributed by atoms with Crippen LogP contribution in [0, 0.1) is 0 Å². The van der Waals surface area contributed by atoms with Crippen molar-refractivity contribution in [3.8, 4) is 5.75 Å². The Morgan fingerprint density at radius 3 is 2.67 bits per heavy atom. The Bertz CT molecular complexity index is 357. The highest BCUT2D eigenvalue weighted by molar-refractivity contribution is 5.73. The second-order valence-electron chi connectivity index (χ2n) is 4.11. The van der Waals surface area contributed by atoms with Crippen molar-refractivity contribution in [2.75, 3.05) is 13.2 Å². The van der Waals surface area contributed by atoms with E-state index in [1.807, 2.05) is 37.3 Å². The molecule has 0 saturated carbocycles. The molecule has 0 heterocycles. The molecule has 0 radical (unpaired) electrons. The lowest BCUT2D eigenvalue weighted by Gasteiger charge is -2.18. The molecule has 0 saturated heterocycles. The predicted molar refractivity (Wildman–Crippen MR) is 69.2 cm³/mol. The van der Waals surface area contributed by atoms with Crippen LogP contribution in [-0.4, -0.2) is 36.4 Å². The molecule has 1 rings (SSSR count). The lowest BCUT2D eigenvalue weighted by Crippen LogP contribution is -2.45. The molecule has 1 aromatic rings. The van der Waals surface area contributed by atoms with Gasteiger partial charge >= 0.3 is 0 Å². The van der Waals surface area contributed by atoms with E-state index < -0.39 is 6.10 Å². The van der Waals surface area contributed by atoms with Crippen LogP contribution in [0.2, 0.25) is 0 Å². The van der Waals surface area contributed by atoms with Crippen molar-refractivity contribution >= 4 is 5.91 Å². The molecular weight excluding hydrogens is 232 g/mol. The average molecular weight is 252 g/mol. The molecule has 0 bridgehead atoms. The van der Waals surface area contributed by atoms with E-state index in [1.165, 1.54) is 6.92 Å². The van der Waals surface area contributed by atoms with E-state index in [0.29, 0.717) is 6.54 Å². The molecule has 0 fully saturated rings. The van der Waals surface area contributed by atoms with Crippen LogP contribution in [0.25, 0.3) is 0 Å². The van der Waals surface area contributed by atoms with Crippen molar-refractivity contribution in [1.82, 2.24) is 10.6 Å².